The van der Waals surface area contributed by atoms with Crippen molar-refractivity contribution < 1.29 is 5.11 Å². The van der Waals surface area contributed by atoms with Crippen molar-refractivity contribution in [2.24, 2.45) is 5.92 Å². The van der Waals surface area contributed by atoms with E-state index >= 15 is 0 Å². The van der Waals surface area contributed by atoms with Crippen molar-refractivity contribution in [2.45, 2.75) is 19.9 Å². The molecule has 0 amide bonds. The molecule has 2 heteroatoms. The third-order valence-electron chi connectivity index (χ3n) is 3.10. The smallest absolute Gasteiger partial charge is 0.0635 e. The maximum atomic E-state index is 9.31. The fourth-order valence-electron chi connectivity index (χ4n) is 1.92. The topological polar surface area (TPSA) is 32.3 Å². The molecule has 0 spiro atoms. The number of nitrogens with one attached hydrogen (secondary N) is 1. The Morgan fingerprint density at radius 3 is 2.41 bits per heavy atom. The summed E-state index contributed by atoms with van der Waals surface area (Å²) in [4.78, 5) is 0. The third kappa shape index (κ3) is 2.77. The predicted octanol–water partition coefficient (Wildman–Crippen LogP) is 3.27. The van der Waals surface area contributed by atoms with Crippen LogP contribution in [0.4, 0.5) is 5.69 Å². The van der Waals surface area contributed by atoms with E-state index in [1.807, 2.05) is 12.1 Å². The molecular weight excluding hydrogens is 210 g/mol. The average Bonchev–Trinajstić information content (AvgIpc) is 2.35. The summed E-state index contributed by atoms with van der Waals surface area (Å²) in [6, 6.07) is 14.7. The highest BCUT2D eigenvalue weighted by Gasteiger charge is 2.11. The molecule has 17 heavy (non-hydrogen) atoms. The summed E-state index contributed by atoms with van der Waals surface area (Å²) in [7, 11) is 0. The number of fused-ring (bicyclic) bond motifs is 1. The second-order valence-corrected chi connectivity index (χ2v) is 4.74. The van der Waals surface area contributed by atoms with Crippen molar-refractivity contribution in [3.05, 3.63) is 42.5 Å². The van der Waals surface area contributed by atoms with Crippen LogP contribution in [0, 0.1) is 5.92 Å². The summed E-state index contributed by atoms with van der Waals surface area (Å²) in [6.07, 6.45) is 0. The molecule has 2 nitrogen and oxygen atoms in total. The summed E-state index contributed by atoms with van der Waals surface area (Å²) >= 11 is 0. The van der Waals surface area contributed by atoms with Gasteiger partial charge in [0, 0.05) is 5.69 Å². The standard InChI is InChI=1S/C15H19NO/c1-11(2)15(10-17)16-14-8-7-12-5-3-4-6-13(12)9-14/h3-9,11,15-17H,10H2,1-2H3/t15-/m1/s1. The van der Waals surface area contributed by atoms with Crippen LogP contribution in [-0.2, 0) is 0 Å². The fraction of sp³-hybridized carbons (Fsp3) is 0.333. The first-order valence-electron chi connectivity index (χ1n) is 6.07. The second-order valence-electron chi connectivity index (χ2n) is 4.74. The zero-order valence-corrected chi connectivity index (χ0v) is 10.4. The average molecular weight is 229 g/mol. The molecule has 0 aliphatic heterocycles. The predicted molar refractivity (Wildman–Crippen MR) is 73.3 cm³/mol. The van der Waals surface area contributed by atoms with E-state index in [0.29, 0.717) is 5.92 Å². The Morgan fingerprint density at radius 1 is 1.06 bits per heavy atom. The molecule has 0 unspecified atom stereocenters. The molecule has 2 aromatic rings. The molecule has 90 valence electrons. The maximum absolute atomic E-state index is 9.31. The Kier molecular flexibility index (Phi) is 3.64. The molecule has 0 aliphatic rings. The minimum absolute atomic E-state index is 0.108. The maximum Gasteiger partial charge on any atom is 0.0635 e. The van der Waals surface area contributed by atoms with Gasteiger partial charge in [0.05, 0.1) is 12.6 Å². The molecule has 0 fully saturated rings. The minimum atomic E-state index is 0.108. The van der Waals surface area contributed by atoms with Crippen molar-refractivity contribution in [1.29, 1.82) is 0 Å². The van der Waals surface area contributed by atoms with E-state index in [1.54, 1.807) is 0 Å². The monoisotopic (exact) mass is 229 g/mol. The van der Waals surface area contributed by atoms with Crippen molar-refractivity contribution in [3.63, 3.8) is 0 Å². The Labute approximate surface area is 102 Å². The molecule has 1 atom stereocenters. The Morgan fingerprint density at radius 2 is 1.76 bits per heavy atom. The third-order valence-corrected chi connectivity index (χ3v) is 3.10. The SMILES string of the molecule is CC(C)[C@@H](CO)Nc1ccc2ccccc2c1. The molecule has 2 aromatic carbocycles. The van der Waals surface area contributed by atoms with Crippen LogP contribution in [0.15, 0.2) is 42.5 Å². The van der Waals surface area contributed by atoms with Gasteiger partial charge >= 0.3 is 0 Å². The highest BCUT2D eigenvalue weighted by Crippen LogP contribution is 2.20. The Hall–Kier alpha value is -1.54. The number of benzene rings is 2. The number of aliphatic hydroxyl groups excluding tert-OH is 1. The van der Waals surface area contributed by atoms with Crippen molar-refractivity contribution in [3.8, 4) is 0 Å². The van der Waals surface area contributed by atoms with E-state index in [9.17, 15) is 5.11 Å². The van der Waals surface area contributed by atoms with E-state index in [0.717, 1.165) is 5.69 Å². The fourth-order valence-corrected chi connectivity index (χ4v) is 1.92. The van der Waals surface area contributed by atoms with Crippen molar-refractivity contribution in [1.82, 2.24) is 0 Å². The van der Waals surface area contributed by atoms with Gasteiger partial charge < -0.3 is 10.4 Å². The van der Waals surface area contributed by atoms with Crippen LogP contribution in [0.25, 0.3) is 10.8 Å². The molecule has 2 N–H and O–H groups in total. The Bertz CT molecular complexity index is 493. The summed E-state index contributed by atoms with van der Waals surface area (Å²) in [5.74, 6) is 0.409. The lowest BCUT2D eigenvalue weighted by atomic mass is 10.0. The first-order chi connectivity index (χ1) is 8.20. The number of anilines is 1. The van der Waals surface area contributed by atoms with E-state index in [4.69, 9.17) is 0 Å². The van der Waals surface area contributed by atoms with Crippen LogP contribution < -0.4 is 5.32 Å². The lowest BCUT2D eigenvalue weighted by Gasteiger charge is -2.21. The summed E-state index contributed by atoms with van der Waals surface area (Å²) in [5, 5.41) is 15.1. The van der Waals surface area contributed by atoms with Crippen LogP contribution >= 0.6 is 0 Å². The molecule has 0 bridgehead atoms. The molecule has 0 heterocycles. The van der Waals surface area contributed by atoms with Gasteiger partial charge in [-0.05, 0) is 28.8 Å². The zero-order valence-electron chi connectivity index (χ0n) is 10.4. The lowest BCUT2D eigenvalue weighted by Crippen LogP contribution is -2.29. The van der Waals surface area contributed by atoms with E-state index in [1.165, 1.54) is 10.8 Å². The van der Waals surface area contributed by atoms with Crippen LogP contribution in [-0.4, -0.2) is 17.8 Å². The van der Waals surface area contributed by atoms with Crippen molar-refractivity contribution in [2.75, 3.05) is 11.9 Å². The van der Waals surface area contributed by atoms with Crippen molar-refractivity contribution >= 4 is 16.5 Å². The first kappa shape index (κ1) is 11.9. The van der Waals surface area contributed by atoms with Gasteiger partial charge in [0.15, 0.2) is 0 Å². The summed E-state index contributed by atoms with van der Waals surface area (Å²) in [6.45, 7) is 4.37. The van der Waals surface area contributed by atoms with Gasteiger partial charge in [-0.15, -0.1) is 0 Å². The van der Waals surface area contributed by atoms with Gasteiger partial charge in [-0.2, -0.15) is 0 Å². The number of hydrogen-bond donors (Lipinski definition) is 2. The van der Waals surface area contributed by atoms with E-state index in [-0.39, 0.29) is 12.6 Å². The normalized spacial score (nSPS) is 12.9. The second kappa shape index (κ2) is 5.19. The van der Waals surface area contributed by atoms with Crippen LogP contribution in [0.2, 0.25) is 0 Å². The molecule has 0 aliphatic carbocycles. The molecule has 0 radical (unpaired) electrons. The number of hydrogen-bond acceptors (Lipinski definition) is 2. The highest BCUT2D eigenvalue weighted by atomic mass is 16.3. The number of rotatable bonds is 4. The van der Waals surface area contributed by atoms with Crippen LogP contribution in [0.3, 0.4) is 0 Å². The van der Waals surface area contributed by atoms with Crippen LogP contribution in [0.1, 0.15) is 13.8 Å². The lowest BCUT2D eigenvalue weighted by molar-refractivity contribution is 0.249. The first-order valence-corrected chi connectivity index (χ1v) is 6.07. The molecule has 2 rings (SSSR count). The molecule has 0 saturated carbocycles. The largest absolute Gasteiger partial charge is 0.394 e. The highest BCUT2D eigenvalue weighted by molar-refractivity contribution is 5.85. The van der Waals surface area contributed by atoms with E-state index in [2.05, 4.69) is 49.5 Å². The number of aliphatic hydroxyl groups is 1. The Balaban J connectivity index is 2.24. The van der Waals surface area contributed by atoms with Gasteiger partial charge in [0.1, 0.15) is 0 Å². The van der Waals surface area contributed by atoms with Crippen LogP contribution in [0.5, 0.6) is 0 Å². The molecule has 0 saturated heterocycles. The van der Waals surface area contributed by atoms with Gasteiger partial charge in [-0.25, -0.2) is 0 Å². The quantitative estimate of drug-likeness (QED) is 0.843. The zero-order chi connectivity index (χ0) is 12.3. The van der Waals surface area contributed by atoms with E-state index < -0.39 is 0 Å². The van der Waals surface area contributed by atoms with Gasteiger partial charge in [-0.1, -0.05) is 44.2 Å². The summed E-state index contributed by atoms with van der Waals surface area (Å²) in [5.41, 5.74) is 1.07. The molecular formula is C15H19NO. The molecule has 0 aromatic heterocycles. The van der Waals surface area contributed by atoms with Gasteiger partial charge in [0.2, 0.25) is 0 Å². The van der Waals surface area contributed by atoms with Gasteiger partial charge in [0.25, 0.3) is 0 Å². The summed E-state index contributed by atoms with van der Waals surface area (Å²) < 4.78 is 0. The van der Waals surface area contributed by atoms with Gasteiger partial charge in [-0.3, -0.25) is 0 Å². The minimum Gasteiger partial charge on any atom is -0.394 e.